The van der Waals surface area contributed by atoms with Gasteiger partial charge in [0.25, 0.3) is 0 Å². The molecule has 102 valence electrons. The molecule has 0 radical (unpaired) electrons. The van der Waals surface area contributed by atoms with Crippen LogP contribution in [0.3, 0.4) is 0 Å². The van der Waals surface area contributed by atoms with Crippen LogP contribution in [0, 0.1) is 0 Å². The van der Waals surface area contributed by atoms with E-state index in [4.69, 9.17) is 33.4 Å². The van der Waals surface area contributed by atoms with Crippen molar-refractivity contribution in [2.75, 3.05) is 5.32 Å². The summed E-state index contributed by atoms with van der Waals surface area (Å²) in [4.78, 5) is 22.0. The quantitative estimate of drug-likeness (QED) is 0.799. The minimum absolute atomic E-state index is 0.167. The molecule has 1 heterocycles. The number of rotatable bonds is 3. The van der Waals surface area contributed by atoms with Crippen LogP contribution in [0.25, 0.3) is 0 Å². The van der Waals surface area contributed by atoms with Crippen LogP contribution in [-0.4, -0.2) is 28.2 Å². The Morgan fingerprint density at radius 1 is 1.32 bits per heavy atom. The number of carbonyl (C=O) groups is 2. The van der Waals surface area contributed by atoms with E-state index in [0.29, 0.717) is 21.3 Å². The van der Waals surface area contributed by atoms with Crippen LogP contribution >= 0.6 is 23.2 Å². The van der Waals surface area contributed by atoms with Gasteiger partial charge in [-0.15, -0.1) is 0 Å². The van der Waals surface area contributed by atoms with Crippen molar-refractivity contribution in [3.63, 3.8) is 0 Å². The highest BCUT2D eigenvalue weighted by Gasteiger charge is 2.33. The molecule has 1 aliphatic rings. The zero-order valence-electron chi connectivity index (χ0n) is 9.69. The van der Waals surface area contributed by atoms with Crippen molar-refractivity contribution in [3.8, 4) is 0 Å². The molecule has 0 bridgehead atoms. The SMILES string of the molecule is O=C(O)C[C@H]1C[C@@H](C(=O)O)Nc2cc(Cl)cc(Cl)c21. The molecule has 0 saturated heterocycles. The van der Waals surface area contributed by atoms with Gasteiger partial charge in [-0.1, -0.05) is 23.2 Å². The lowest BCUT2D eigenvalue weighted by Gasteiger charge is -2.31. The average molecular weight is 304 g/mol. The van der Waals surface area contributed by atoms with E-state index in [1.807, 2.05) is 0 Å². The lowest BCUT2D eigenvalue weighted by molar-refractivity contribution is -0.140. The molecule has 0 spiro atoms. The maximum Gasteiger partial charge on any atom is 0.326 e. The summed E-state index contributed by atoms with van der Waals surface area (Å²) in [5.74, 6) is -2.47. The molecule has 0 aliphatic carbocycles. The first-order chi connectivity index (χ1) is 8.88. The summed E-state index contributed by atoms with van der Waals surface area (Å²) in [5.41, 5.74) is 1.10. The highest BCUT2D eigenvalue weighted by atomic mass is 35.5. The van der Waals surface area contributed by atoms with Crippen LogP contribution in [0.15, 0.2) is 12.1 Å². The number of nitrogens with one attached hydrogen (secondary N) is 1. The van der Waals surface area contributed by atoms with Gasteiger partial charge in [0.15, 0.2) is 0 Å². The number of aliphatic carboxylic acids is 2. The largest absolute Gasteiger partial charge is 0.481 e. The molecule has 1 aliphatic heterocycles. The molecule has 3 N–H and O–H groups in total. The van der Waals surface area contributed by atoms with Crippen molar-refractivity contribution in [1.82, 2.24) is 0 Å². The van der Waals surface area contributed by atoms with Gasteiger partial charge in [0.2, 0.25) is 0 Å². The highest BCUT2D eigenvalue weighted by molar-refractivity contribution is 6.35. The second-order valence-electron chi connectivity index (χ2n) is 4.41. The Balaban J connectivity index is 2.46. The number of hydrogen-bond acceptors (Lipinski definition) is 3. The maximum absolute atomic E-state index is 11.1. The monoisotopic (exact) mass is 303 g/mol. The molecule has 1 aromatic rings. The third-order valence-electron chi connectivity index (χ3n) is 3.07. The van der Waals surface area contributed by atoms with Gasteiger partial charge in [0.1, 0.15) is 6.04 Å². The molecule has 0 saturated carbocycles. The van der Waals surface area contributed by atoms with Gasteiger partial charge < -0.3 is 15.5 Å². The van der Waals surface area contributed by atoms with E-state index in [1.54, 1.807) is 6.07 Å². The van der Waals surface area contributed by atoms with Crippen LogP contribution in [0.5, 0.6) is 0 Å². The van der Waals surface area contributed by atoms with Gasteiger partial charge in [-0.05, 0) is 24.1 Å². The smallest absolute Gasteiger partial charge is 0.326 e. The minimum atomic E-state index is -1.03. The van der Waals surface area contributed by atoms with Gasteiger partial charge >= 0.3 is 11.9 Å². The fourth-order valence-corrected chi connectivity index (χ4v) is 2.97. The Hall–Kier alpha value is -1.46. The predicted octanol–water partition coefficient (Wildman–Crippen LogP) is 2.82. The molecule has 0 amide bonds. The van der Waals surface area contributed by atoms with Gasteiger partial charge in [-0.2, -0.15) is 0 Å². The second-order valence-corrected chi connectivity index (χ2v) is 5.26. The number of carboxylic acid groups (broad SMARTS) is 2. The van der Waals surface area contributed by atoms with E-state index >= 15 is 0 Å². The predicted molar refractivity (Wildman–Crippen MR) is 71.1 cm³/mol. The normalized spacial score (nSPS) is 21.4. The number of anilines is 1. The Morgan fingerprint density at radius 2 is 2.00 bits per heavy atom. The first kappa shape index (κ1) is 14.0. The lowest BCUT2D eigenvalue weighted by atomic mass is 9.84. The Bertz CT molecular complexity index is 547. The van der Waals surface area contributed by atoms with Crippen LogP contribution in [0.2, 0.25) is 10.0 Å². The third kappa shape index (κ3) is 2.93. The van der Waals surface area contributed by atoms with E-state index in [9.17, 15) is 9.59 Å². The number of halogens is 2. The number of fused-ring (bicyclic) bond motifs is 1. The highest BCUT2D eigenvalue weighted by Crippen LogP contribution is 2.42. The number of benzene rings is 1. The molecular weight excluding hydrogens is 293 g/mol. The molecule has 2 rings (SSSR count). The van der Waals surface area contributed by atoms with Crippen molar-refractivity contribution in [3.05, 3.63) is 27.7 Å². The van der Waals surface area contributed by atoms with Gasteiger partial charge in [-0.3, -0.25) is 4.79 Å². The Kier molecular flexibility index (Phi) is 3.87. The van der Waals surface area contributed by atoms with Crippen LogP contribution in [0.4, 0.5) is 5.69 Å². The summed E-state index contributed by atoms with van der Waals surface area (Å²) in [7, 11) is 0. The second kappa shape index (κ2) is 5.27. The van der Waals surface area contributed by atoms with Gasteiger partial charge in [0.05, 0.1) is 6.42 Å². The van der Waals surface area contributed by atoms with Crippen molar-refractivity contribution in [1.29, 1.82) is 0 Å². The lowest BCUT2D eigenvalue weighted by Crippen LogP contribution is -2.35. The minimum Gasteiger partial charge on any atom is -0.481 e. The summed E-state index contributed by atoms with van der Waals surface area (Å²) >= 11 is 12.0. The molecule has 0 unspecified atom stereocenters. The molecule has 0 fully saturated rings. The Labute approximate surface area is 119 Å². The summed E-state index contributed by atoms with van der Waals surface area (Å²) in [6, 6.07) is 2.25. The number of carboxylic acids is 2. The van der Waals surface area contributed by atoms with Gasteiger partial charge in [-0.25, -0.2) is 4.79 Å². The van der Waals surface area contributed by atoms with Crippen LogP contribution in [-0.2, 0) is 9.59 Å². The van der Waals surface area contributed by atoms with E-state index < -0.39 is 23.9 Å². The third-order valence-corrected chi connectivity index (χ3v) is 3.60. The van der Waals surface area contributed by atoms with E-state index in [-0.39, 0.29) is 12.8 Å². The fraction of sp³-hybridized carbons (Fsp3) is 0.333. The molecule has 2 atom stereocenters. The number of hydrogen-bond donors (Lipinski definition) is 3. The van der Waals surface area contributed by atoms with E-state index in [0.717, 1.165) is 0 Å². The molecule has 5 nitrogen and oxygen atoms in total. The molecular formula is C12H11Cl2NO4. The molecule has 19 heavy (non-hydrogen) atoms. The van der Waals surface area contributed by atoms with Crippen LogP contribution in [0.1, 0.15) is 24.3 Å². The first-order valence-corrected chi connectivity index (χ1v) is 6.34. The van der Waals surface area contributed by atoms with Crippen molar-refractivity contribution < 1.29 is 19.8 Å². The zero-order chi connectivity index (χ0) is 14.2. The zero-order valence-corrected chi connectivity index (χ0v) is 11.2. The fourth-order valence-electron chi connectivity index (χ4n) is 2.33. The van der Waals surface area contributed by atoms with Crippen molar-refractivity contribution in [2.45, 2.75) is 24.8 Å². The van der Waals surface area contributed by atoms with Crippen molar-refractivity contribution in [2.24, 2.45) is 0 Å². The topological polar surface area (TPSA) is 86.6 Å². The summed E-state index contributed by atoms with van der Waals surface area (Å²) in [6.07, 6.45) is 0.00972. The molecule has 0 aromatic heterocycles. The summed E-state index contributed by atoms with van der Waals surface area (Å²) < 4.78 is 0. The standard InChI is InChI=1S/C12H11Cl2NO4/c13-6-3-7(14)11-5(2-10(16)17)1-9(12(18)19)15-8(11)4-6/h3-5,9,15H,1-2H2,(H,16,17)(H,18,19)/t5-,9+/m1/s1. The maximum atomic E-state index is 11.1. The van der Waals surface area contributed by atoms with Crippen molar-refractivity contribution >= 4 is 40.8 Å². The first-order valence-electron chi connectivity index (χ1n) is 5.58. The molecule has 7 heteroatoms. The molecule has 1 aromatic carbocycles. The Morgan fingerprint density at radius 3 is 2.58 bits per heavy atom. The van der Waals surface area contributed by atoms with E-state index in [1.165, 1.54) is 6.07 Å². The van der Waals surface area contributed by atoms with Crippen LogP contribution < -0.4 is 5.32 Å². The average Bonchev–Trinajstić information content (AvgIpc) is 2.26. The van der Waals surface area contributed by atoms with E-state index in [2.05, 4.69) is 5.32 Å². The summed E-state index contributed by atoms with van der Waals surface area (Å²) in [6.45, 7) is 0. The summed E-state index contributed by atoms with van der Waals surface area (Å²) in [5, 5.41) is 21.5. The van der Waals surface area contributed by atoms with Gasteiger partial charge in [0, 0.05) is 21.7 Å².